The minimum Gasteiger partial charge on any atom is -0.339 e. The van der Waals surface area contributed by atoms with Gasteiger partial charge in [-0.05, 0) is 55.8 Å². The van der Waals surface area contributed by atoms with Crippen LogP contribution in [0, 0.1) is 12.9 Å². The predicted molar refractivity (Wildman–Crippen MR) is 135 cm³/mol. The molecule has 0 spiro atoms. The second kappa shape index (κ2) is 9.97. The van der Waals surface area contributed by atoms with E-state index in [0.717, 1.165) is 24.3 Å². The monoisotopic (exact) mass is 537 g/mol. The molecule has 0 fully saturated rings. The smallest absolute Gasteiger partial charge is 0.339 e. The first kappa shape index (κ1) is 26.1. The van der Waals surface area contributed by atoms with Crippen molar-refractivity contribution in [3.63, 3.8) is 0 Å². The molecule has 7 nitrogen and oxygen atoms in total. The van der Waals surface area contributed by atoms with Crippen LogP contribution in [0.4, 0.5) is 23.4 Å². The first-order chi connectivity index (χ1) is 18.6. The molecule has 3 heterocycles. The van der Waals surface area contributed by atoms with Crippen LogP contribution in [0.2, 0.25) is 0 Å². The van der Waals surface area contributed by atoms with E-state index in [-0.39, 0.29) is 12.1 Å². The molecular weight excluding hydrogens is 514 g/mol. The van der Waals surface area contributed by atoms with E-state index in [9.17, 15) is 27.2 Å². The van der Waals surface area contributed by atoms with Crippen LogP contribution in [0.15, 0.2) is 72.9 Å². The lowest BCUT2D eigenvalue weighted by Gasteiger charge is -2.38. The number of benzene rings is 2. The van der Waals surface area contributed by atoms with Crippen LogP contribution in [-0.2, 0) is 11.0 Å². The lowest BCUT2D eigenvalue weighted by Crippen LogP contribution is -2.55. The van der Waals surface area contributed by atoms with Crippen molar-refractivity contribution in [2.45, 2.75) is 32.0 Å². The number of halogens is 4. The first-order valence-electron chi connectivity index (χ1n) is 12.2. The summed E-state index contributed by atoms with van der Waals surface area (Å²) in [5.74, 6) is -2.41. The number of rotatable bonds is 5. The van der Waals surface area contributed by atoms with Gasteiger partial charge in [-0.3, -0.25) is 14.5 Å². The molecule has 0 radical (unpaired) electrons. The normalized spacial score (nSPS) is 17.2. The Bertz CT molecular complexity index is 1530. The van der Waals surface area contributed by atoms with Gasteiger partial charge < -0.3 is 5.32 Å². The average Bonchev–Trinajstić information content (AvgIpc) is 3.26. The van der Waals surface area contributed by atoms with E-state index in [1.807, 2.05) is 30.3 Å². The predicted octanol–water partition coefficient (Wildman–Crippen LogP) is 5.03. The van der Waals surface area contributed by atoms with Crippen molar-refractivity contribution in [3.05, 3.63) is 107 Å². The van der Waals surface area contributed by atoms with Crippen LogP contribution < -0.4 is 10.2 Å². The van der Waals surface area contributed by atoms with E-state index in [2.05, 4.69) is 15.4 Å². The summed E-state index contributed by atoms with van der Waals surface area (Å²) in [4.78, 5) is 32.4. The Balaban J connectivity index is 1.65. The summed E-state index contributed by atoms with van der Waals surface area (Å²) in [6.45, 7) is 3.76. The Hall–Kier alpha value is -4.54. The number of likely N-dealkylation sites (N-methyl/N-ethyl adjacent to an activating group) is 1. The summed E-state index contributed by atoms with van der Waals surface area (Å²) in [7, 11) is 0. The molecule has 1 unspecified atom stereocenters. The number of carbonyl (C=O) groups excluding carboxylic acids is 2. The maximum absolute atomic E-state index is 14.0. The number of anilines is 1. The van der Waals surface area contributed by atoms with Crippen molar-refractivity contribution in [3.8, 4) is 5.69 Å². The van der Waals surface area contributed by atoms with Gasteiger partial charge in [0, 0.05) is 29.8 Å². The molecule has 1 N–H and O–H groups in total. The zero-order chi connectivity index (χ0) is 27.9. The van der Waals surface area contributed by atoms with Crippen molar-refractivity contribution in [1.29, 1.82) is 0 Å². The Kier molecular flexibility index (Phi) is 6.67. The molecule has 0 bridgehead atoms. The molecule has 0 saturated heterocycles. The minimum absolute atomic E-state index is 0.230. The molecule has 5 rings (SSSR count). The quantitative estimate of drug-likeness (QED) is 0.286. The zero-order valence-corrected chi connectivity index (χ0v) is 20.9. The van der Waals surface area contributed by atoms with Crippen molar-refractivity contribution >= 4 is 17.6 Å². The third-order valence-corrected chi connectivity index (χ3v) is 6.68. The highest BCUT2D eigenvalue weighted by atomic mass is 19.4. The van der Waals surface area contributed by atoms with Gasteiger partial charge in [-0.2, -0.15) is 22.7 Å². The fraction of sp³-hybridized carbons (Fsp3) is 0.214. The molecule has 2 aromatic carbocycles. The average molecular weight is 538 g/mol. The number of pyridine rings is 1. The third kappa shape index (κ3) is 4.75. The third-order valence-electron chi connectivity index (χ3n) is 6.68. The summed E-state index contributed by atoms with van der Waals surface area (Å²) < 4.78 is 55.2. The fourth-order valence-electron chi connectivity index (χ4n) is 4.92. The summed E-state index contributed by atoms with van der Waals surface area (Å²) in [5, 5.41) is 7.34. The molecule has 2 amide bonds. The van der Waals surface area contributed by atoms with Crippen molar-refractivity contribution in [2.24, 2.45) is 0 Å². The number of amides is 2. The van der Waals surface area contributed by atoms with Crippen LogP contribution in [0.5, 0.6) is 0 Å². The van der Waals surface area contributed by atoms with Gasteiger partial charge in [-0.25, -0.2) is 9.67 Å². The van der Waals surface area contributed by atoms with E-state index in [1.54, 1.807) is 18.5 Å². The first-order valence-corrected chi connectivity index (χ1v) is 12.2. The standard InChI is InChI=1S/C28H23F4N5O2/c1-3-36-26-22(16(2)35-37(26)20-10-5-4-6-11-20)23(18-12-13-21(29)33-15-18)24(27(36)39)34-25(38)17-8-7-9-19(14-17)28(30,31)32/h4-15,23-24H,3H2,1-2H3,(H,34,38)/t23-,24?/m0/s1. The van der Waals surface area contributed by atoms with Crippen LogP contribution in [0.3, 0.4) is 0 Å². The molecule has 4 aromatic rings. The molecule has 0 aliphatic carbocycles. The number of fused-ring (bicyclic) bond motifs is 1. The Morgan fingerprint density at radius 2 is 1.79 bits per heavy atom. The molecule has 200 valence electrons. The second-order valence-corrected chi connectivity index (χ2v) is 9.07. The summed E-state index contributed by atoms with van der Waals surface area (Å²) in [5.41, 5.74) is 1.08. The Morgan fingerprint density at radius 3 is 2.44 bits per heavy atom. The Labute approximate surface area is 221 Å². The van der Waals surface area contributed by atoms with Gasteiger partial charge in [-0.1, -0.05) is 30.3 Å². The fourth-order valence-corrected chi connectivity index (χ4v) is 4.92. The van der Waals surface area contributed by atoms with Crippen LogP contribution >= 0.6 is 0 Å². The molecule has 11 heteroatoms. The molecular formula is C28H23F4N5O2. The van der Waals surface area contributed by atoms with Crippen molar-refractivity contribution in [2.75, 3.05) is 11.4 Å². The second-order valence-electron chi connectivity index (χ2n) is 9.07. The topological polar surface area (TPSA) is 80.1 Å². The number of alkyl halides is 3. The van der Waals surface area contributed by atoms with Crippen LogP contribution in [0.1, 0.15) is 45.6 Å². The number of carbonyl (C=O) groups is 2. The van der Waals surface area contributed by atoms with Crippen molar-refractivity contribution < 1.29 is 27.2 Å². The molecule has 2 atom stereocenters. The highest BCUT2D eigenvalue weighted by molar-refractivity contribution is 6.05. The van der Waals surface area contributed by atoms with Crippen LogP contribution in [0.25, 0.3) is 5.69 Å². The van der Waals surface area contributed by atoms with Gasteiger partial charge in [0.15, 0.2) is 0 Å². The SMILES string of the molecule is CCN1C(=O)C(NC(=O)c2cccc(C(F)(F)F)c2)[C@@H](c2ccc(F)nc2)c2c(C)nn(-c3ccccc3)c21. The molecule has 39 heavy (non-hydrogen) atoms. The van der Waals surface area contributed by atoms with E-state index < -0.39 is 41.5 Å². The van der Waals surface area contributed by atoms with Gasteiger partial charge in [0.05, 0.1) is 16.9 Å². The summed E-state index contributed by atoms with van der Waals surface area (Å²) in [6.07, 6.45) is -3.36. The van der Waals surface area contributed by atoms with E-state index in [0.29, 0.717) is 28.3 Å². The molecule has 1 aliphatic rings. The van der Waals surface area contributed by atoms with Gasteiger partial charge in [0.1, 0.15) is 11.9 Å². The summed E-state index contributed by atoms with van der Waals surface area (Å²) >= 11 is 0. The largest absolute Gasteiger partial charge is 0.416 e. The Morgan fingerprint density at radius 1 is 1.05 bits per heavy atom. The molecule has 0 saturated carbocycles. The number of aryl methyl sites for hydroxylation is 1. The van der Waals surface area contributed by atoms with E-state index in [4.69, 9.17) is 0 Å². The number of aromatic nitrogens is 3. The lowest BCUT2D eigenvalue weighted by atomic mass is 9.81. The number of hydrogen-bond acceptors (Lipinski definition) is 4. The number of para-hydroxylation sites is 1. The maximum Gasteiger partial charge on any atom is 0.416 e. The van der Waals surface area contributed by atoms with Gasteiger partial charge in [0.25, 0.3) is 11.8 Å². The highest BCUT2D eigenvalue weighted by Crippen LogP contribution is 2.43. The van der Waals surface area contributed by atoms with Gasteiger partial charge in [0.2, 0.25) is 5.95 Å². The van der Waals surface area contributed by atoms with Gasteiger partial charge >= 0.3 is 6.18 Å². The maximum atomic E-state index is 14.0. The zero-order valence-electron chi connectivity index (χ0n) is 20.9. The van der Waals surface area contributed by atoms with E-state index in [1.165, 1.54) is 23.2 Å². The lowest BCUT2D eigenvalue weighted by molar-refractivity contribution is -0.137. The number of nitrogens with one attached hydrogen (secondary N) is 1. The molecule has 2 aromatic heterocycles. The number of nitrogens with zero attached hydrogens (tertiary/aromatic N) is 4. The number of hydrogen-bond donors (Lipinski definition) is 1. The highest BCUT2D eigenvalue weighted by Gasteiger charge is 2.45. The summed E-state index contributed by atoms with van der Waals surface area (Å²) in [6, 6.07) is 14.5. The molecule has 1 aliphatic heterocycles. The van der Waals surface area contributed by atoms with Crippen molar-refractivity contribution in [1.82, 2.24) is 20.1 Å². The van der Waals surface area contributed by atoms with Gasteiger partial charge in [-0.15, -0.1) is 0 Å². The van der Waals surface area contributed by atoms with Crippen LogP contribution in [-0.4, -0.2) is 39.2 Å². The van der Waals surface area contributed by atoms with E-state index >= 15 is 0 Å². The minimum atomic E-state index is -4.64.